The van der Waals surface area contributed by atoms with Gasteiger partial charge in [0.05, 0.1) is 17.4 Å². The minimum atomic E-state index is -0.870. The maximum atomic E-state index is 10.9. The van der Waals surface area contributed by atoms with Gasteiger partial charge in [0, 0.05) is 0 Å². The maximum Gasteiger partial charge on any atom is 0.339 e. The predicted octanol–water partition coefficient (Wildman–Crippen LogP) is 1.92. The van der Waals surface area contributed by atoms with E-state index in [0.29, 0.717) is 17.3 Å². The van der Waals surface area contributed by atoms with Crippen molar-refractivity contribution in [1.82, 2.24) is 9.78 Å². The molecule has 1 aliphatic rings. The van der Waals surface area contributed by atoms with Crippen molar-refractivity contribution in [1.29, 1.82) is 0 Å². The first-order valence-corrected chi connectivity index (χ1v) is 4.90. The molecule has 0 bridgehead atoms. The molecule has 1 fully saturated rings. The Kier molecular flexibility index (Phi) is 2.06. The van der Waals surface area contributed by atoms with Crippen molar-refractivity contribution >= 4 is 5.97 Å². The van der Waals surface area contributed by atoms with Crippen LogP contribution in [-0.2, 0) is 0 Å². The van der Waals surface area contributed by atoms with Gasteiger partial charge < -0.3 is 5.11 Å². The Morgan fingerprint density at radius 1 is 1.50 bits per heavy atom. The number of carbonyl (C=O) groups is 1. The first-order valence-electron chi connectivity index (χ1n) is 4.90. The highest BCUT2D eigenvalue weighted by molar-refractivity contribution is 5.90. The molecule has 1 aromatic heterocycles. The fraction of sp³-hybridized carbons (Fsp3) is 0.600. The van der Waals surface area contributed by atoms with Crippen molar-refractivity contribution in [2.75, 3.05) is 0 Å². The van der Waals surface area contributed by atoms with Crippen LogP contribution in [0.5, 0.6) is 0 Å². The van der Waals surface area contributed by atoms with Gasteiger partial charge in [-0.1, -0.05) is 0 Å². The van der Waals surface area contributed by atoms with Crippen molar-refractivity contribution < 1.29 is 9.90 Å². The van der Waals surface area contributed by atoms with Crippen LogP contribution >= 0.6 is 0 Å². The van der Waals surface area contributed by atoms with Gasteiger partial charge in [0.1, 0.15) is 5.56 Å². The van der Waals surface area contributed by atoms with Crippen LogP contribution in [0.2, 0.25) is 0 Å². The fourth-order valence-corrected chi connectivity index (χ4v) is 1.96. The van der Waals surface area contributed by atoms with E-state index in [1.165, 1.54) is 6.42 Å². The van der Waals surface area contributed by atoms with Crippen LogP contribution in [0.3, 0.4) is 0 Å². The molecule has 2 rings (SSSR count). The molecule has 0 aromatic carbocycles. The van der Waals surface area contributed by atoms with Crippen LogP contribution in [0.25, 0.3) is 0 Å². The fourth-order valence-electron chi connectivity index (χ4n) is 1.96. The first-order chi connectivity index (χ1) is 6.61. The third-order valence-corrected chi connectivity index (χ3v) is 2.96. The smallest absolute Gasteiger partial charge is 0.339 e. The van der Waals surface area contributed by atoms with Gasteiger partial charge in [-0.15, -0.1) is 0 Å². The summed E-state index contributed by atoms with van der Waals surface area (Å²) in [7, 11) is 0. The highest BCUT2D eigenvalue weighted by Gasteiger charge is 2.26. The van der Waals surface area contributed by atoms with Crippen molar-refractivity contribution in [3.63, 3.8) is 0 Å². The van der Waals surface area contributed by atoms with E-state index < -0.39 is 5.97 Å². The zero-order valence-corrected chi connectivity index (χ0v) is 8.45. The van der Waals surface area contributed by atoms with E-state index in [9.17, 15) is 4.79 Å². The highest BCUT2D eigenvalue weighted by atomic mass is 16.4. The molecule has 0 amide bonds. The molecule has 0 spiro atoms. The van der Waals surface area contributed by atoms with E-state index in [1.54, 1.807) is 6.92 Å². The molecular weight excluding hydrogens is 180 g/mol. The Hall–Kier alpha value is -1.32. The quantitative estimate of drug-likeness (QED) is 0.782. The molecular formula is C10H14N2O2. The molecule has 1 saturated carbocycles. The van der Waals surface area contributed by atoms with Crippen molar-refractivity contribution in [3.05, 3.63) is 17.0 Å². The normalized spacial score (nSPS) is 16.7. The first kappa shape index (κ1) is 9.24. The Labute approximate surface area is 82.5 Å². The number of nitrogens with zero attached hydrogens (tertiary/aromatic N) is 2. The number of hydrogen-bond acceptors (Lipinski definition) is 2. The molecule has 1 aliphatic carbocycles. The van der Waals surface area contributed by atoms with Crippen molar-refractivity contribution in [2.45, 2.75) is 39.2 Å². The Morgan fingerprint density at radius 3 is 2.50 bits per heavy atom. The van der Waals surface area contributed by atoms with Crippen LogP contribution < -0.4 is 0 Å². The molecule has 1 heterocycles. The second kappa shape index (κ2) is 3.12. The molecule has 4 heteroatoms. The van der Waals surface area contributed by atoms with Gasteiger partial charge in [-0.2, -0.15) is 5.10 Å². The summed E-state index contributed by atoms with van der Waals surface area (Å²) in [5.41, 5.74) is 1.79. The minimum absolute atomic E-state index is 0.372. The second-order valence-corrected chi connectivity index (χ2v) is 3.88. The largest absolute Gasteiger partial charge is 0.478 e. The number of aryl methyl sites for hydroxylation is 1. The summed E-state index contributed by atoms with van der Waals surface area (Å²) in [5, 5.41) is 13.3. The monoisotopic (exact) mass is 194 g/mol. The summed E-state index contributed by atoms with van der Waals surface area (Å²) >= 11 is 0. The number of aromatic nitrogens is 2. The van der Waals surface area contributed by atoms with E-state index in [0.717, 1.165) is 18.5 Å². The summed E-state index contributed by atoms with van der Waals surface area (Å²) in [6, 6.07) is 0.432. The molecule has 1 aromatic rings. The SMILES string of the molecule is Cc1nn(C2CCC2)c(C)c1C(=O)O. The van der Waals surface area contributed by atoms with Gasteiger partial charge in [-0.3, -0.25) is 4.68 Å². The summed E-state index contributed by atoms with van der Waals surface area (Å²) < 4.78 is 1.88. The molecule has 0 radical (unpaired) electrons. The molecule has 76 valence electrons. The zero-order valence-electron chi connectivity index (χ0n) is 8.45. The van der Waals surface area contributed by atoms with E-state index in [1.807, 2.05) is 11.6 Å². The third kappa shape index (κ3) is 1.22. The van der Waals surface area contributed by atoms with Crippen LogP contribution in [0.15, 0.2) is 0 Å². The Morgan fingerprint density at radius 2 is 2.14 bits per heavy atom. The van der Waals surface area contributed by atoms with Crippen LogP contribution in [0, 0.1) is 13.8 Å². The number of aromatic carboxylic acids is 1. The average molecular weight is 194 g/mol. The summed E-state index contributed by atoms with van der Waals surface area (Å²) in [5.74, 6) is -0.870. The summed E-state index contributed by atoms with van der Waals surface area (Å²) in [4.78, 5) is 10.9. The van der Waals surface area contributed by atoms with Gasteiger partial charge in [-0.05, 0) is 33.1 Å². The molecule has 14 heavy (non-hydrogen) atoms. The molecule has 1 N–H and O–H groups in total. The lowest BCUT2D eigenvalue weighted by Crippen LogP contribution is -2.19. The van der Waals surface area contributed by atoms with Crippen LogP contribution in [0.1, 0.15) is 47.1 Å². The van der Waals surface area contributed by atoms with Gasteiger partial charge in [0.25, 0.3) is 0 Å². The lowest BCUT2D eigenvalue weighted by atomic mass is 9.93. The topological polar surface area (TPSA) is 55.1 Å². The van der Waals surface area contributed by atoms with Gasteiger partial charge in [-0.25, -0.2) is 4.79 Å². The Balaban J connectivity index is 2.42. The maximum absolute atomic E-state index is 10.9. The van der Waals surface area contributed by atoms with Gasteiger partial charge in [0.2, 0.25) is 0 Å². The lowest BCUT2D eigenvalue weighted by molar-refractivity contribution is 0.0695. The standard InChI is InChI=1S/C10H14N2O2/c1-6-9(10(13)14)7(2)12(11-6)8-4-3-5-8/h8H,3-5H2,1-2H3,(H,13,14). The third-order valence-electron chi connectivity index (χ3n) is 2.96. The zero-order chi connectivity index (χ0) is 10.3. The average Bonchev–Trinajstić information content (AvgIpc) is 2.23. The second-order valence-electron chi connectivity index (χ2n) is 3.88. The van der Waals surface area contributed by atoms with Gasteiger partial charge >= 0.3 is 5.97 Å². The van der Waals surface area contributed by atoms with E-state index >= 15 is 0 Å². The highest BCUT2D eigenvalue weighted by Crippen LogP contribution is 2.33. The molecule has 0 atom stereocenters. The number of rotatable bonds is 2. The van der Waals surface area contributed by atoms with Gasteiger partial charge in [0.15, 0.2) is 0 Å². The Bertz CT molecular complexity index is 378. The number of hydrogen-bond donors (Lipinski definition) is 1. The van der Waals surface area contributed by atoms with Crippen molar-refractivity contribution in [2.24, 2.45) is 0 Å². The van der Waals surface area contributed by atoms with Crippen molar-refractivity contribution in [3.8, 4) is 0 Å². The number of carboxylic acids is 1. The minimum Gasteiger partial charge on any atom is -0.478 e. The lowest BCUT2D eigenvalue weighted by Gasteiger charge is -2.26. The van der Waals surface area contributed by atoms with Crippen LogP contribution in [0.4, 0.5) is 0 Å². The van der Waals surface area contributed by atoms with E-state index in [2.05, 4.69) is 5.10 Å². The van der Waals surface area contributed by atoms with E-state index in [4.69, 9.17) is 5.11 Å². The number of carboxylic acid groups (broad SMARTS) is 1. The van der Waals surface area contributed by atoms with Crippen LogP contribution in [-0.4, -0.2) is 20.9 Å². The predicted molar refractivity (Wildman–Crippen MR) is 51.5 cm³/mol. The molecule has 0 saturated heterocycles. The molecule has 4 nitrogen and oxygen atoms in total. The van der Waals surface area contributed by atoms with E-state index in [-0.39, 0.29) is 0 Å². The molecule has 0 unspecified atom stereocenters. The summed E-state index contributed by atoms with van der Waals surface area (Å²) in [6.07, 6.45) is 3.48. The summed E-state index contributed by atoms with van der Waals surface area (Å²) in [6.45, 7) is 3.59. The molecule has 0 aliphatic heterocycles.